The Morgan fingerprint density at radius 1 is 1.47 bits per heavy atom. The van der Waals surface area contributed by atoms with Crippen LogP contribution in [-0.2, 0) is 13.0 Å². The van der Waals surface area contributed by atoms with Crippen molar-refractivity contribution in [3.63, 3.8) is 0 Å². The SMILES string of the molecule is CC(C)Cn1ncnc1CC1(CO)CC2CCC1C2. The zero-order valence-electron chi connectivity index (χ0n) is 12.0. The highest BCUT2D eigenvalue weighted by Crippen LogP contribution is 2.56. The van der Waals surface area contributed by atoms with Crippen LogP contribution < -0.4 is 0 Å². The number of hydrogen-bond acceptors (Lipinski definition) is 3. The molecule has 2 bridgehead atoms. The molecular formula is C15H25N3O. The first-order valence-corrected chi connectivity index (χ1v) is 7.60. The Balaban J connectivity index is 1.78. The van der Waals surface area contributed by atoms with Gasteiger partial charge in [-0.2, -0.15) is 5.10 Å². The Kier molecular flexibility index (Phi) is 3.37. The van der Waals surface area contributed by atoms with E-state index < -0.39 is 0 Å². The van der Waals surface area contributed by atoms with Crippen LogP contribution in [0.2, 0.25) is 0 Å². The molecule has 2 saturated carbocycles. The van der Waals surface area contributed by atoms with Crippen LogP contribution >= 0.6 is 0 Å². The third-order valence-electron chi connectivity index (χ3n) is 5.16. The van der Waals surface area contributed by atoms with Crippen molar-refractivity contribution >= 4 is 0 Å². The van der Waals surface area contributed by atoms with E-state index in [2.05, 4.69) is 23.9 Å². The second kappa shape index (κ2) is 4.89. The zero-order chi connectivity index (χ0) is 13.5. The second-order valence-electron chi connectivity index (χ2n) is 7.03. The van der Waals surface area contributed by atoms with Gasteiger partial charge in [0.05, 0.1) is 0 Å². The molecule has 1 N–H and O–H groups in total. The highest BCUT2D eigenvalue weighted by atomic mass is 16.3. The molecule has 4 nitrogen and oxygen atoms in total. The summed E-state index contributed by atoms with van der Waals surface area (Å²) in [4.78, 5) is 4.45. The standard InChI is InChI=1S/C15H25N3O/c1-11(2)8-18-14(16-10-17-18)7-15(9-19)6-12-3-4-13(15)5-12/h10-13,19H,3-9H2,1-2H3. The minimum absolute atomic E-state index is 0.0880. The average Bonchev–Trinajstić information content (AvgIpc) is 3.06. The maximum absolute atomic E-state index is 9.95. The molecule has 2 aliphatic carbocycles. The van der Waals surface area contributed by atoms with Gasteiger partial charge in [0.2, 0.25) is 0 Å². The Morgan fingerprint density at radius 3 is 2.89 bits per heavy atom. The molecule has 1 aromatic rings. The lowest BCUT2D eigenvalue weighted by molar-refractivity contribution is 0.0619. The van der Waals surface area contributed by atoms with E-state index in [-0.39, 0.29) is 5.41 Å². The van der Waals surface area contributed by atoms with Crippen molar-refractivity contribution in [2.24, 2.45) is 23.2 Å². The van der Waals surface area contributed by atoms with Gasteiger partial charge in [0, 0.05) is 25.0 Å². The lowest BCUT2D eigenvalue weighted by Gasteiger charge is -2.35. The van der Waals surface area contributed by atoms with Crippen LogP contribution in [0.1, 0.15) is 45.4 Å². The first-order chi connectivity index (χ1) is 9.13. The molecule has 1 aromatic heterocycles. The molecule has 0 radical (unpaired) electrons. The van der Waals surface area contributed by atoms with Crippen LogP contribution in [0.5, 0.6) is 0 Å². The molecule has 3 atom stereocenters. The maximum Gasteiger partial charge on any atom is 0.138 e. The third kappa shape index (κ3) is 2.31. The number of nitrogens with zero attached hydrogens (tertiary/aromatic N) is 3. The van der Waals surface area contributed by atoms with Gasteiger partial charge in [-0.15, -0.1) is 0 Å². The van der Waals surface area contributed by atoms with E-state index >= 15 is 0 Å². The van der Waals surface area contributed by atoms with Crippen molar-refractivity contribution < 1.29 is 5.11 Å². The van der Waals surface area contributed by atoms with Crippen LogP contribution in [0.3, 0.4) is 0 Å². The van der Waals surface area contributed by atoms with Gasteiger partial charge < -0.3 is 5.11 Å². The van der Waals surface area contributed by atoms with Gasteiger partial charge in [-0.1, -0.05) is 20.3 Å². The molecule has 2 fully saturated rings. The monoisotopic (exact) mass is 263 g/mol. The minimum Gasteiger partial charge on any atom is -0.396 e. The molecule has 0 aromatic carbocycles. The smallest absolute Gasteiger partial charge is 0.138 e. The lowest BCUT2D eigenvalue weighted by Crippen LogP contribution is -2.35. The van der Waals surface area contributed by atoms with E-state index in [0.29, 0.717) is 18.4 Å². The molecule has 1 heterocycles. The van der Waals surface area contributed by atoms with Crippen molar-refractivity contribution in [2.45, 2.75) is 52.5 Å². The number of aliphatic hydroxyl groups excluding tert-OH is 1. The fraction of sp³-hybridized carbons (Fsp3) is 0.867. The van der Waals surface area contributed by atoms with E-state index in [1.807, 2.05) is 4.68 Å². The fourth-order valence-corrected chi connectivity index (χ4v) is 4.26. The van der Waals surface area contributed by atoms with Crippen molar-refractivity contribution in [3.05, 3.63) is 12.2 Å². The van der Waals surface area contributed by atoms with Crippen molar-refractivity contribution in [3.8, 4) is 0 Å². The number of aliphatic hydroxyl groups is 1. The van der Waals surface area contributed by atoms with Gasteiger partial charge in [0.1, 0.15) is 12.2 Å². The third-order valence-corrected chi connectivity index (χ3v) is 5.16. The van der Waals surface area contributed by atoms with E-state index in [1.54, 1.807) is 6.33 Å². The molecule has 4 heteroatoms. The van der Waals surface area contributed by atoms with Crippen molar-refractivity contribution in [1.29, 1.82) is 0 Å². The highest BCUT2D eigenvalue weighted by molar-refractivity contribution is 5.05. The van der Waals surface area contributed by atoms with Gasteiger partial charge in [0.25, 0.3) is 0 Å². The summed E-state index contributed by atoms with van der Waals surface area (Å²) in [6.45, 7) is 5.63. The average molecular weight is 263 g/mol. The predicted molar refractivity (Wildman–Crippen MR) is 73.5 cm³/mol. The summed E-state index contributed by atoms with van der Waals surface area (Å²) in [5, 5.41) is 14.3. The zero-order valence-corrected chi connectivity index (χ0v) is 12.0. The Bertz CT molecular complexity index is 442. The molecular weight excluding hydrogens is 238 g/mol. The molecule has 19 heavy (non-hydrogen) atoms. The van der Waals surface area contributed by atoms with Crippen LogP contribution in [0.15, 0.2) is 6.33 Å². The Hall–Kier alpha value is -0.900. The summed E-state index contributed by atoms with van der Waals surface area (Å²) in [6.07, 6.45) is 7.73. The van der Waals surface area contributed by atoms with E-state index in [4.69, 9.17) is 0 Å². The van der Waals surface area contributed by atoms with Crippen LogP contribution in [0.4, 0.5) is 0 Å². The van der Waals surface area contributed by atoms with Crippen molar-refractivity contribution in [1.82, 2.24) is 14.8 Å². The van der Waals surface area contributed by atoms with Gasteiger partial charge in [0.15, 0.2) is 0 Å². The van der Waals surface area contributed by atoms with Gasteiger partial charge in [-0.25, -0.2) is 9.67 Å². The Labute approximate surface area is 115 Å². The quantitative estimate of drug-likeness (QED) is 0.886. The van der Waals surface area contributed by atoms with E-state index in [1.165, 1.54) is 25.7 Å². The van der Waals surface area contributed by atoms with Crippen LogP contribution in [0, 0.1) is 23.2 Å². The summed E-state index contributed by atoms with van der Waals surface area (Å²) in [5.41, 5.74) is 0.0880. The predicted octanol–water partition coefficient (Wildman–Crippen LogP) is 2.28. The molecule has 2 aliphatic rings. The molecule has 0 saturated heterocycles. The highest BCUT2D eigenvalue weighted by Gasteiger charge is 2.50. The molecule has 0 aliphatic heterocycles. The number of fused-ring (bicyclic) bond motifs is 2. The molecule has 0 amide bonds. The van der Waals surface area contributed by atoms with Gasteiger partial charge in [-0.05, 0) is 37.0 Å². The van der Waals surface area contributed by atoms with E-state index in [0.717, 1.165) is 24.7 Å². The lowest BCUT2D eigenvalue weighted by atomic mass is 9.71. The molecule has 3 unspecified atom stereocenters. The first kappa shape index (κ1) is 13.1. The largest absolute Gasteiger partial charge is 0.396 e. The van der Waals surface area contributed by atoms with Crippen molar-refractivity contribution in [2.75, 3.05) is 6.61 Å². The normalized spacial score (nSPS) is 33.5. The molecule has 3 rings (SSSR count). The second-order valence-corrected chi connectivity index (χ2v) is 7.03. The van der Waals surface area contributed by atoms with Crippen LogP contribution in [-0.4, -0.2) is 26.5 Å². The van der Waals surface area contributed by atoms with E-state index in [9.17, 15) is 5.11 Å². The molecule has 0 spiro atoms. The fourth-order valence-electron chi connectivity index (χ4n) is 4.26. The number of aromatic nitrogens is 3. The maximum atomic E-state index is 9.95. The molecule has 106 valence electrons. The topological polar surface area (TPSA) is 50.9 Å². The summed E-state index contributed by atoms with van der Waals surface area (Å²) in [6, 6.07) is 0. The minimum atomic E-state index is 0.0880. The van der Waals surface area contributed by atoms with Crippen LogP contribution in [0.25, 0.3) is 0 Å². The Morgan fingerprint density at radius 2 is 2.32 bits per heavy atom. The summed E-state index contributed by atoms with van der Waals surface area (Å²) in [7, 11) is 0. The first-order valence-electron chi connectivity index (χ1n) is 7.60. The summed E-state index contributed by atoms with van der Waals surface area (Å²) in [5.74, 6) is 3.19. The number of rotatable bonds is 5. The van der Waals surface area contributed by atoms with Gasteiger partial charge in [-0.3, -0.25) is 0 Å². The number of hydrogen-bond donors (Lipinski definition) is 1. The summed E-state index contributed by atoms with van der Waals surface area (Å²) >= 11 is 0. The summed E-state index contributed by atoms with van der Waals surface area (Å²) < 4.78 is 2.04. The van der Waals surface area contributed by atoms with Gasteiger partial charge >= 0.3 is 0 Å².